The molecule has 94 valence electrons. The molecule has 4 nitrogen and oxygen atoms in total. The van der Waals surface area contributed by atoms with E-state index in [0.29, 0.717) is 0 Å². The number of nitrogens with zero attached hydrogens (tertiary/aromatic N) is 2. The van der Waals surface area contributed by atoms with E-state index in [1.165, 1.54) is 10.6 Å². The second-order valence-corrected chi connectivity index (χ2v) is 5.37. The van der Waals surface area contributed by atoms with Crippen LogP contribution in [0.4, 0.5) is 5.69 Å². The number of aromatic nitrogens is 2. The first kappa shape index (κ1) is 11.6. The molecule has 18 heavy (non-hydrogen) atoms. The maximum absolute atomic E-state index is 4.26. The van der Waals surface area contributed by atoms with Crippen LogP contribution in [0.2, 0.25) is 0 Å². The van der Waals surface area contributed by atoms with Gasteiger partial charge in [0.15, 0.2) is 0 Å². The number of fused-ring (bicyclic) bond motifs is 1. The highest BCUT2D eigenvalue weighted by Crippen LogP contribution is 2.31. The zero-order chi connectivity index (χ0) is 12.2. The van der Waals surface area contributed by atoms with Crippen molar-refractivity contribution in [1.82, 2.24) is 14.3 Å². The fourth-order valence-electron chi connectivity index (χ4n) is 2.02. The molecule has 2 aromatic rings. The van der Waals surface area contributed by atoms with Gasteiger partial charge < -0.3 is 10.3 Å². The Hall–Kier alpha value is -1.46. The molecule has 0 aliphatic carbocycles. The molecule has 0 saturated heterocycles. The highest BCUT2D eigenvalue weighted by Gasteiger charge is 2.14. The van der Waals surface area contributed by atoms with E-state index in [-0.39, 0.29) is 0 Å². The minimum absolute atomic E-state index is 0.960. The van der Waals surface area contributed by atoms with E-state index in [2.05, 4.69) is 43.9 Å². The van der Waals surface area contributed by atoms with Gasteiger partial charge in [0.1, 0.15) is 5.82 Å². The Labute approximate surface area is 111 Å². The van der Waals surface area contributed by atoms with Gasteiger partial charge in [-0.3, -0.25) is 0 Å². The third-order valence-corrected chi connectivity index (χ3v) is 4.12. The average molecular weight is 260 g/mol. The molecule has 1 aromatic carbocycles. The molecule has 0 saturated carbocycles. The number of imidazole rings is 1. The van der Waals surface area contributed by atoms with Gasteiger partial charge in [-0.2, -0.15) is 0 Å². The Balaban J connectivity index is 1.64. The zero-order valence-electron chi connectivity index (χ0n) is 10.1. The second kappa shape index (κ2) is 5.46. The Bertz CT molecular complexity index is 497. The first-order valence-electron chi connectivity index (χ1n) is 6.16. The van der Waals surface area contributed by atoms with Crippen molar-refractivity contribution in [3.8, 4) is 0 Å². The van der Waals surface area contributed by atoms with Gasteiger partial charge in [-0.05, 0) is 24.1 Å². The molecular weight excluding hydrogens is 244 g/mol. The van der Waals surface area contributed by atoms with Gasteiger partial charge in [-0.1, -0.05) is 12.1 Å². The lowest BCUT2D eigenvalue weighted by Crippen LogP contribution is -2.23. The third kappa shape index (κ3) is 2.68. The van der Waals surface area contributed by atoms with Gasteiger partial charge in [0.05, 0.1) is 0 Å². The molecule has 0 spiro atoms. The third-order valence-electron chi connectivity index (χ3n) is 2.94. The fourth-order valence-corrected chi connectivity index (χ4v) is 3.04. The molecule has 0 amide bonds. The van der Waals surface area contributed by atoms with E-state index in [9.17, 15) is 0 Å². The van der Waals surface area contributed by atoms with Crippen molar-refractivity contribution in [3.05, 3.63) is 42.5 Å². The summed E-state index contributed by atoms with van der Waals surface area (Å²) in [6.07, 6.45) is 4.64. The van der Waals surface area contributed by atoms with Crippen molar-refractivity contribution < 1.29 is 0 Å². The average Bonchev–Trinajstić information content (AvgIpc) is 2.82. The summed E-state index contributed by atoms with van der Waals surface area (Å²) in [7, 11) is 0. The summed E-state index contributed by atoms with van der Waals surface area (Å²) in [6, 6.07) is 8.46. The molecule has 0 fully saturated rings. The molecule has 3 rings (SSSR count). The summed E-state index contributed by atoms with van der Waals surface area (Å²) < 4.78 is 2.39. The quantitative estimate of drug-likeness (QED) is 0.832. The van der Waals surface area contributed by atoms with Crippen LogP contribution < -0.4 is 5.32 Å². The Morgan fingerprint density at radius 3 is 3.17 bits per heavy atom. The van der Waals surface area contributed by atoms with Crippen molar-refractivity contribution in [1.29, 1.82) is 0 Å². The minimum atomic E-state index is 0.960. The number of para-hydroxylation sites is 1. The first-order valence-corrected chi connectivity index (χ1v) is 6.93. The van der Waals surface area contributed by atoms with Crippen LogP contribution in [0.1, 0.15) is 5.82 Å². The maximum Gasteiger partial charge on any atom is 0.107 e. The molecule has 1 aliphatic heterocycles. The molecule has 0 bridgehead atoms. The van der Waals surface area contributed by atoms with Crippen molar-refractivity contribution in [3.63, 3.8) is 0 Å². The topological polar surface area (TPSA) is 44.0 Å². The van der Waals surface area contributed by atoms with E-state index in [0.717, 1.165) is 31.9 Å². The first-order chi connectivity index (χ1) is 8.92. The number of H-pyrrole nitrogens is 1. The predicted octanol–water partition coefficient (Wildman–Crippen LogP) is 2.39. The number of aromatic amines is 1. The molecule has 1 aromatic heterocycles. The summed E-state index contributed by atoms with van der Waals surface area (Å²) in [5.41, 5.74) is 1.24. The van der Waals surface area contributed by atoms with Crippen LogP contribution in [0.25, 0.3) is 0 Å². The summed E-state index contributed by atoms with van der Waals surface area (Å²) in [5.74, 6) is 1.06. The predicted molar refractivity (Wildman–Crippen MR) is 74.7 cm³/mol. The summed E-state index contributed by atoms with van der Waals surface area (Å²) in [5, 5.41) is 3.46. The second-order valence-electron chi connectivity index (χ2n) is 4.23. The molecule has 0 atom stereocenters. The van der Waals surface area contributed by atoms with Crippen molar-refractivity contribution in [2.24, 2.45) is 0 Å². The van der Waals surface area contributed by atoms with E-state index >= 15 is 0 Å². The Morgan fingerprint density at radius 2 is 2.28 bits per heavy atom. The van der Waals surface area contributed by atoms with Gasteiger partial charge in [-0.15, -0.1) is 0 Å². The highest BCUT2D eigenvalue weighted by atomic mass is 32.2. The maximum atomic E-state index is 4.26. The monoisotopic (exact) mass is 260 g/mol. The fraction of sp³-hybridized carbons (Fsp3) is 0.308. The number of hydrogen-bond donors (Lipinski definition) is 2. The number of rotatable bonds is 3. The molecule has 5 heteroatoms. The SMILES string of the molecule is c1ccc2c(c1)NCCN(CCc1ncc[nH]1)S2. The lowest BCUT2D eigenvalue weighted by molar-refractivity contribution is 0.489. The van der Waals surface area contributed by atoms with Crippen molar-refractivity contribution in [2.75, 3.05) is 25.0 Å². The van der Waals surface area contributed by atoms with Crippen LogP contribution in [0, 0.1) is 0 Å². The van der Waals surface area contributed by atoms with E-state index in [1.54, 1.807) is 0 Å². The van der Waals surface area contributed by atoms with Gasteiger partial charge in [0.25, 0.3) is 0 Å². The molecular formula is C13H16N4S. The molecule has 2 heterocycles. The van der Waals surface area contributed by atoms with Crippen LogP contribution >= 0.6 is 11.9 Å². The van der Waals surface area contributed by atoms with Gasteiger partial charge in [-0.25, -0.2) is 9.29 Å². The van der Waals surface area contributed by atoms with Crippen LogP contribution in [0.5, 0.6) is 0 Å². The highest BCUT2D eigenvalue weighted by molar-refractivity contribution is 7.97. The van der Waals surface area contributed by atoms with Gasteiger partial charge in [0, 0.05) is 49.0 Å². The molecule has 2 N–H and O–H groups in total. The number of hydrogen-bond acceptors (Lipinski definition) is 4. The van der Waals surface area contributed by atoms with Crippen LogP contribution in [0.3, 0.4) is 0 Å². The lowest BCUT2D eigenvalue weighted by atomic mass is 10.3. The summed E-state index contributed by atoms with van der Waals surface area (Å²) >= 11 is 1.83. The number of nitrogens with one attached hydrogen (secondary N) is 2. The number of anilines is 1. The van der Waals surface area contributed by atoms with Crippen molar-refractivity contribution in [2.45, 2.75) is 11.3 Å². The smallest absolute Gasteiger partial charge is 0.107 e. The van der Waals surface area contributed by atoms with Gasteiger partial charge in [0.2, 0.25) is 0 Å². The molecule has 0 unspecified atom stereocenters. The van der Waals surface area contributed by atoms with Crippen LogP contribution in [-0.4, -0.2) is 33.9 Å². The summed E-state index contributed by atoms with van der Waals surface area (Å²) in [6.45, 7) is 3.04. The van der Waals surface area contributed by atoms with Crippen molar-refractivity contribution >= 4 is 17.6 Å². The molecule has 1 aliphatic rings. The summed E-state index contributed by atoms with van der Waals surface area (Å²) in [4.78, 5) is 8.71. The minimum Gasteiger partial charge on any atom is -0.383 e. The van der Waals surface area contributed by atoms with E-state index < -0.39 is 0 Å². The zero-order valence-corrected chi connectivity index (χ0v) is 10.9. The van der Waals surface area contributed by atoms with E-state index in [1.807, 2.05) is 24.3 Å². The Morgan fingerprint density at radius 1 is 1.33 bits per heavy atom. The van der Waals surface area contributed by atoms with Gasteiger partial charge >= 0.3 is 0 Å². The molecule has 0 radical (unpaired) electrons. The number of benzene rings is 1. The lowest BCUT2D eigenvalue weighted by Gasteiger charge is -2.17. The normalized spacial score (nSPS) is 15.8. The largest absolute Gasteiger partial charge is 0.383 e. The van der Waals surface area contributed by atoms with Crippen LogP contribution in [0.15, 0.2) is 41.6 Å². The Kier molecular flexibility index (Phi) is 3.52. The van der Waals surface area contributed by atoms with E-state index in [4.69, 9.17) is 0 Å². The van der Waals surface area contributed by atoms with Crippen LogP contribution in [-0.2, 0) is 6.42 Å². The standard InChI is InChI=1S/C13H16N4S/c1-2-4-12-11(3-1)14-8-10-17(18-12)9-5-13-15-6-7-16-13/h1-4,6-7,14H,5,8-10H2,(H,15,16).